The normalized spacial score (nSPS) is 21.2. The third kappa shape index (κ3) is 5.46. The lowest BCUT2D eigenvalue weighted by atomic mass is 9.95. The Kier molecular flexibility index (Phi) is 6.33. The van der Waals surface area contributed by atoms with Crippen molar-refractivity contribution in [2.75, 3.05) is 6.54 Å². The molecule has 10 heteroatoms. The molecule has 1 saturated carbocycles. The van der Waals surface area contributed by atoms with Crippen molar-refractivity contribution in [3.63, 3.8) is 0 Å². The molecule has 1 N–H and O–H groups in total. The lowest BCUT2D eigenvalue weighted by Crippen LogP contribution is -2.40. The maximum Gasteiger partial charge on any atom is 0.416 e. The van der Waals surface area contributed by atoms with Gasteiger partial charge in [0.25, 0.3) is 0 Å². The quantitative estimate of drug-likeness (QED) is 0.706. The van der Waals surface area contributed by atoms with Crippen molar-refractivity contribution >= 4 is 11.8 Å². The van der Waals surface area contributed by atoms with E-state index in [0.717, 1.165) is 37.0 Å². The number of nitrogens with zero attached hydrogens (tertiary/aromatic N) is 1. The fraction of sp³-hybridized carbons (Fsp3) is 0.600. The van der Waals surface area contributed by atoms with Crippen molar-refractivity contribution in [1.29, 1.82) is 0 Å². The van der Waals surface area contributed by atoms with Crippen LogP contribution >= 0.6 is 0 Å². The summed E-state index contributed by atoms with van der Waals surface area (Å²) in [6.45, 7) is -0.450. The molecule has 2 amide bonds. The van der Waals surface area contributed by atoms with Crippen LogP contribution in [0.4, 0.5) is 26.3 Å². The van der Waals surface area contributed by atoms with Crippen LogP contribution in [0.25, 0.3) is 0 Å². The third-order valence-electron chi connectivity index (χ3n) is 5.56. The standard InChI is InChI=1S/C20H22F6N2O2/c21-19(22,23)14-6-12(7-15(9-14)20(24,25)26)10-28-11-13(8-17(28)29)18(30)27-16-4-2-1-3-5-16/h6-7,9,13,16H,1-5,8,10-11H2,(H,27,30). The van der Waals surface area contributed by atoms with E-state index in [1.165, 1.54) is 0 Å². The fourth-order valence-electron chi connectivity index (χ4n) is 4.00. The maximum atomic E-state index is 13.0. The van der Waals surface area contributed by atoms with Gasteiger partial charge < -0.3 is 10.2 Å². The van der Waals surface area contributed by atoms with Gasteiger partial charge in [-0.15, -0.1) is 0 Å². The number of amides is 2. The van der Waals surface area contributed by atoms with E-state index in [1.807, 2.05) is 0 Å². The van der Waals surface area contributed by atoms with Crippen LogP contribution in [0.15, 0.2) is 18.2 Å². The summed E-state index contributed by atoms with van der Waals surface area (Å²) in [4.78, 5) is 25.8. The largest absolute Gasteiger partial charge is 0.416 e. The molecule has 1 aliphatic carbocycles. The molecule has 1 aliphatic heterocycles. The van der Waals surface area contributed by atoms with E-state index in [0.29, 0.717) is 12.1 Å². The Balaban J connectivity index is 1.71. The third-order valence-corrected chi connectivity index (χ3v) is 5.56. The van der Waals surface area contributed by atoms with Crippen LogP contribution in [-0.4, -0.2) is 29.3 Å². The average Bonchev–Trinajstić information content (AvgIpc) is 3.01. The number of hydrogen-bond donors (Lipinski definition) is 1. The topological polar surface area (TPSA) is 49.4 Å². The van der Waals surface area contributed by atoms with Crippen molar-refractivity contribution in [2.24, 2.45) is 5.92 Å². The minimum atomic E-state index is -4.95. The molecule has 4 nitrogen and oxygen atoms in total. The molecule has 0 radical (unpaired) electrons. The van der Waals surface area contributed by atoms with Gasteiger partial charge in [-0.2, -0.15) is 26.3 Å². The Morgan fingerprint density at radius 3 is 2.07 bits per heavy atom. The van der Waals surface area contributed by atoms with Gasteiger partial charge in [-0.05, 0) is 36.6 Å². The van der Waals surface area contributed by atoms with Crippen LogP contribution < -0.4 is 5.32 Å². The maximum absolute atomic E-state index is 13.0. The Morgan fingerprint density at radius 1 is 0.967 bits per heavy atom. The lowest BCUT2D eigenvalue weighted by Gasteiger charge is -2.24. The van der Waals surface area contributed by atoms with E-state index in [9.17, 15) is 35.9 Å². The number of rotatable bonds is 4. The highest BCUT2D eigenvalue weighted by atomic mass is 19.4. The zero-order chi connectivity index (χ0) is 22.1. The number of hydrogen-bond acceptors (Lipinski definition) is 2. The highest BCUT2D eigenvalue weighted by Crippen LogP contribution is 2.37. The molecule has 0 aromatic heterocycles. The molecule has 1 aromatic rings. The SMILES string of the molecule is O=C(NC1CCCCC1)C1CC(=O)N(Cc2cc(C(F)(F)F)cc(C(F)(F)F)c2)C1. The van der Waals surface area contributed by atoms with Crippen LogP contribution in [0.2, 0.25) is 0 Å². The second-order valence-electron chi connectivity index (χ2n) is 7.93. The fourth-order valence-corrected chi connectivity index (χ4v) is 4.00. The molecule has 1 saturated heterocycles. The number of carbonyl (C=O) groups excluding carboxylic acids is 2. The van der Waals surface area contributed by atoms with Crippen molar-refractivity contribution in [3.05, 3.63) is 34.9 Å². The lowest BCUT2D eigenvalue weighted by molar-refractivity contribution is -0.143. The van der Waals surface area contributed by atoms with Gasteiger partial charge in [0.15, 0.2) is 0 Å². The summed E-state index contributed by atoms with van der Waals surface area (Å²) < 4.78 is 78.1. The molecule has 0 spiro atoms. The van der Waals surface area contributed by atoms with E-state index in [4.69, 9.17) is 0 Å². The minimum Gasteiger partial charge on any atom is -0.353 e. The van der Waals surface area contributed by atoms with Crippen LogP contribution in [0.3, 0.4) is 0 Å². The molecule has 1 atom stereocenters. The van der Waals surface area contributed by atoms with Gasteiger partial charge in [-0.1, -0.05) is 19.3 Å². The van der Waals surface area contributed by atoms with Gasteiger partial charge in [-0.25, -0.2) is 0 Å². The Labute approximate surface area is 169 Å². The summed E-state index contributed by atoms with van der Waals surface area (Å²) in [6, 6.07) is 1.32. The van der Waals surface area contributed by atoms with E-state index in [2.05, 4.69) is 5.32 Å². The van der Waals surface area contributed by atoms with Crippen molar-refractivity contribution in [1.82, 2.24) is 10.2 Å². The van der Waals surface area contributed by atoms with Gasteiger partial charge in [0.2, 0.25) is 11.8 Å². The first kappa shape index (κ1) is 22.4. The van der Waals surface area contributed by atoms with Crippen molar-refractivity contribution in [2.45, 2.75) is 63.5 Å². The van der Waals surface area contributed by atoms with Crippen molar-refractivity contribution in [3.8, 4) is 0 Å². The second kappa shape index (κ2) is 8.47. The number of alkyl halides is 6. The number of likely N-dealkylation sites (tertiary alicyclic amines) is 1. The number of carbonyl (C=O) groups is 2. The van der Waals surface area contributed by atoms with Gasteiger partial charge >= 0.3 is 12.4 Å². The first-order valence-electron chi connectivity index (χ1n) is 9.80. The molecule has 2 fully saturated rings. The summed E-state index contributed by atoms with van der Waals surface area (Å²) >= 11 is 0. The van der Waals surface area contributed by atoms with E-state index in [1.54, 1.807) is 0 Å². The summed E-state index contributed by atoms with van der Waals surface area (Å²) in [5.74, 6) is -1.42. The molecule has 1 aromatic carbocycles. The van der Waals surface area contributed by atoms with Crippen LogP contribution in [0, 0.1) is 5.92 Å². The number of benzene rings is 1. The monoisotopic (exact) mass is 436 g/mol. The summed E-state index contributed by atoms with van der Waals surface area (Å²) in [7, 11) is 0. The van der Waals surface area contributed by atoms with Crippen molar-refractivity contribution < 1.29 is 35.9 Å². The summed E-state index contributed by atoms with van der Waals surface area (Å²) in [5.41, 5.74) is -3.13. The minimum absolute atomic E-state index is 0.0328. The molecular weight excluding hydrogens is 414 g/mol. The predicted molar refractivity (Wildman–Crippen MR) is 95.0 cm³/mol. The Hall–Kier alpha value is -2.26. The van der Waals surface area contributed by atoms with E-state index in [-0.39, 0.29) is 36.5 Å². The zero-order valence-electron chi connectivity index (χ0n) is 16.1. The zero-order valence-corrected chi connectivity index (χ0v) is 16.1. The number of halogens is 6. The van der Waals surface area contributed by atoms with Crippen LogP contribution in [0.5, 0.6) is 0 Å². The molecule has 1 unspecified atom stereocenters. The second-order valence-corrected chi connectivity index (χ2v) is 7.93. The highest BCUT2D eigenvalue weighted by molar-refractivity contribution is 5.89. The van der Waals surface area contributed by atoms with Gasteiger partial charge in [-0.3, -0.25) is 9.59 Å². The Morgan fingerprint density at radius 2 is 1.53 bits per heavy atom. The first-order chi connectivity index (χ1) is 13.9. The molecule has 166 valence electrons. The smallest absolute Gasteiger partial charge is 0.353 e. The summed E-state index contributed by atoms with van der Waals surface area (Å²) in [5, 5.41) is 2.91. The average molecular weight is 436 g/mol. The predicted octanol–water partition coefficient (Wildman–Crippen LogP) is 4.52. The first-order valence-corrected chi connectivity index (χ1v) is 9.80. The van der Waals surface area contributed by atoms with Gasteiger partial charge in [0.1, 0.15) is 0 Å². The molecule has 30 heavy (non-hydrogen) atoms. The Bertz CT molecular complexity index is 767. The van der Waals surface area contributed by atoms with Crippen LogP contribution in [0.1, 0.15) is 55.2 Å². The van der Waals surface area contributed by atoms with Crippen LogP contribution in [-0.2, 0) is 28.5 Å². The molecular formula is C20H22F6N2O2. The number of nitrogens with one attached hydrogen (secondary N) is 1. The summed E-state index contributed by atoms with van der Waals surface area (Å²) in [6.07, 6.45) is -5.15. The van der Waals surface area contributed by atoms with E-state index < -0.39 is 41.8 Å². The molecule has 3 rings (SSSR count). The van der Waals surface area contributed by atoms with Gasteiger partial charge in [0.05, 0.1) is 17.0 Å². The molecule has 1 heterocycles. The molecule has 2 aliphatic rings. The molecule has 0 bridgehead atoms. The van der Waals surface area contributed by atoms with Gasteiger partial charge in [0, 0.05) is 25.6 Å². The van der Waals surface area contributed by atoms with E-state index >= 15 is 0 Å². The highest BCUT2D eigenvalue weighted by Gasteiger charge is 2.38.